The van der Waals surface area contributed by atoms with E-state index < -0.39 is 23.9 Å². The van der Waals surface area contributed by atoms with Gasteiger partial charge in [-0.25, -0.2) is 4.99 Å². The molecule has 7 nitrogen and oxygen atoms in total. The topological polar surface area (TPSA) is 83.3 Å². The molecule has 3 N–H and O–H groups in total. The Bertz CT molecular complexity index is 1010. The van der Waals surface area contributed by atoms with Crippen molar-refractivity contribution in [1.29, 1.82) is 0 Å². The lowest BCUT2D eigenvalue weighted by Gasteiger charge is -2.15. The van der Waals surface area contributed by atoms with Gasteiger partial charge in [-0.2, -0.15) is 18.3 Å². The summed E-state index contributed by atoms with van der Waals surface area (Å²) in [6.45, 7) is 3.41. The predicted octanol–water partition coefficient (Wildman–Crippen LogP) is 4.31. The van der Waals surface area contributed by atoms with Crippen molar-refractivity contribution in [3.8, 4) is 0 Å². The van der Waals surface area contributed by atoms with Crippen molar-refractivity contribution >= 4 is 34.7 Å². The molecule has 154 valence electrons. The molecule has 0 spiro atoms. The van der Waals surface area contributed by atoms with E-state index >= 15 is 0 Å². The largest absolute Gasteiger partial charge is 0.435 e. The van der Waals surface area contributed by atoms with E-state index in [0.29, 0.717) is 17.2 Å². The molecule has 1 unspecified atom stereocenters. The first kappa shape index (κ1) is 20.7. The standard InChI is InChI=1S/C18H18ClF3N6O/c1-4-8-23-9(2)24-17(29)10-6-5-7-11-13(10)26-16(25-11)12-14(18(20,21)22)27-28(3)15(12)19/h4-8,16,25-26H,1-3H3,(H,23,24,29)/b8-4-. The van der Waals surface area contributed by atoms with Crippen molar-refractivity contribution in [2.24, 2.45) is 12.0 Å². The lowest BCUT2D eigenvalue weighted by Crippen LogP contribution is -2.28. The maximum Gasteiger partial charge on any atom is 0.435 e. The van der Waals surface area contributed by atoms with Crippen molar-refractivity contribution < 1.29 is 18.0 Å². The second kappa shape index (κ2) is 7.78. The molecule has 1 aliphatic heterocycles. The van der Waals surface area contributed by atoms with Crippen LogP contribution in [0.1, 0.15) is 41.6 Å². The minimum absolute atomic E-state index is 0.157. The van der Waals surface area contributed by atoms with Gasteiger partial charge in [0.25, 0.3) is 5.91 Å². The molecule has 0 bridgehead atoms. The molecule has 3 rings (SSSR count). The molecular weight excluding hydrogens is 409 g/mol. The number of carbonyl (C=O) groups excluding carboxylic acids is 1. The molecule has 0 aliphatic carbocycles. The van der Waals surface area contributed by atoms with Crippen molar-refractivity contribution in [2.45, 2.75) is 26.2 Å². The van der Waals surface area contributed by atoms with Crippen LogP contribution < -0.4 is 16.0 Å². The Hall–Kier alpha value is -3.01. The van der Waals surface area contributed by atoms with Crippen LogP contribution in [0.4, 0.5) is 24.5 Å². The summed E-state index contributed by atoms with van der Waals surface area (Å²) in [7, 11) is 1.33. The van der Waals surface area contributed by atoms with Crippen LogP contribution in [0.3, 0.4) is 0 Å². The van der Waals surface area contributed by atoms with E-state index in [1.165, 1.54) is 13.2 Å². The third-order valence-corrected chi connectivity index (χ3v) is 4.63. The zero-order chi connectivity index (χ0) is 21.3. The number of halogens is 4. The average molecular weight is 427 g/mol. The van der Waals surface area contributed by atoms with Crippen LogP contribution >= 0.6 is 11.6 Å². The minimum Gasteiger partial charge on any atom is -0.360 e. The fraction of sp³-hybridized carbons (Fsp3) is 0.278. The highest BCUT2D eigenvalue weighted by atomic mass is 35.5. The number of alkyl halides is 3. The fourth-order valence-corrected chi connectivity index (χ4v) is 3.17. The Kier molecular flexibility index (Phi) is 5.56. The third kappa shape index (κ3) is 4.07. The fourth-order valence-electron chi connectivity index (χ4n) is 2.93. The first-order valence-electron chi connectivity index (χ1n) is 8.56. The molecule has 1 aromatic carbocycles. The highest BCUT2D eigenvalue weighted by molar-refractivity contribution is 6.30. The Morgan fingerprint density at radius 3 is 2.76 bits per heavy atom. The van der Waals surface area contributed by atoms with Gasteiger partial charge in [0.2, 0.25) is 0 Å². The SMILES string of the molecule is C/C=C\N=C(C)NC(=O)c1cccc2c1NC(c1c(C(F)(F)F)nn(C)c1Cl)N2. The molecule has 29 heavy (non-hydrogen) atoms. The third-order valence-electron chi connectivity index (χ3n) is 4.18. The lowest BCUT2D eigenvalue weighted by molar-refractivity contribution is -0.142. The van der Waals surface area contributed by atoms with Crippen LogP contribution in [0.15, 0.2) is 35.5 Å². The number of aliphatic imine (C=N–C) groups is 1. The number of para-hydroxylation sites is 1. The molecule has 0 saturated heterocycles. The quantitative estimate of drug-likeness (QED) is 0.504. The highest BCUT2D eigenvalue weighted by Gasteiger charge is 2.42. The second-order valence-electron chi connectivity index (χ2n) is 6.28. The number of amides is 1. The molecule has 11 heteroatoms. The van der Waals surface area contributed by atoms with E-state index in [0.717, 1.165) is 4.68 Å². The normalized spacial score (nSPS) is 16.5. The molecule has 2 heterocycles. The van der Waals surface area contributed by atoms with Gasteiger partial charge in [-0.3, -0.25) is 9.48 Å². The number of allylic oxidation sites excluding steroid dienone is 1. The van der Waals surface area contributed by atoms with Gasteiger partial charge < -0.3 is 16.0 Å². The molecule has 1 atom stereocenters. The van der Waals surface area contributed by atoms with Crippen LogP contribution in [0, 0.1) is 0 Å². The maximum atomic E-state index is 13.4. The second-order valence-corrected chi connectivity index (χ2v) is 6.63. The summed E-state index contributed by atoms with van der Waals surface area (Å²) >= 11 is 6.08. The number of hydrogen-bond donors (Lipinski definition) is 3. The number of aromatic nitrogens is 2. The molecule has 1 amide bonds. The molecule has 2 aromatic rings. The van der Waals surface area contributed by atoms with Gasteiger partial charge in [-0.05, 0) is 26.0 Å². The summed E-state index contributed by atoms with van der Waals surface area (Å²) in [6.07, 6.45) is -2.44. The summed E-state index contributed by atoms with van der Waals surface area (Å²) in [6, 6.07) is 4.83. The van der Waals surface area contributed by atoms with Gasteiger partial charge >= 0.3 is 6.18 Å². The number of hydrogen-bond acceptors (Lipinski definition) is 5. The molecule has 1 aromatic heterocycles. The van der Waals surface area contributed by atoms with E-state index in [9.17, 15) is 18.0 Å². The number of fused-ring (bicyclic) bond motifs is 1. The van der Waals surface area contributed by atoms with E-state index in [4.69, 9.17) is 11.6 Å². The number of benzene rings is 1. The van der Waals surface area contributed by atoms with Gasteiger partial charge in [-0.15, -0.1) is 0 Å². The highest BCUT2D eigenvalue weighted by Crippen LogP contribution is 2.43. The van der Waals surface area contributed by atoms with Gasteiger partial charge in [0.1, 0.15) is 17.2 Å². The van der Waals surface area contributed by atoms with E-state index in [1.54, 1.807) is 38.1 Å². The summed E-state index contributed by atoms with van der Waals surface area (Å²) < 4.78 is 41.2. The van der Waals surface area contributed by atoms with Gasteiger partial charge in [0.05, 0.1) is 22.5 Å². The smallest absolute Gasteiger partial charge is 0.360 e. The van der Waals surface area contributed by atoms with Gasteiger partial charge in [0, 0.05) is 13.2 Å². The first-order chi connectivity index (χ1) is 13.6. The van der Waals surface area contributed by atoms with Crippen LogP contribution in [-0.4, -0.2) is 21.5 Å². The molecule has 0 fully saturated rings. The number of aryl methyl sites for hydroxylation is 1. The average Bonchev–Trinajstić information content (AvgIpc) is 3.20. The van der Waals surface area contributed by atoms with E-state index in [-0.39, 0.29) is 16.3 Å². The molecular formula is C18H18ClF3N6O. The van der Waals surface area contributed by atoms with Crippen molar-refractivity contribution in [3.05, 3.63) is 52.4 Å². The predicted molar refractivity (Wildman–Crippen MR) is 105 cm³/mol. The van der Waals surface area contributed by atoms with Crippen molar-refractivity contribution in [2.75, 3.05) is 10.6 Å². The van der Waals surface area contributed by atoms with Crippen molar-refractivity contribution in [3.63, 3.8) is 0 Å². The van der Waals surface area contributed by atoms with Crippen LogP contribution in [0.2, 0.25) is 5.15 Å². The van der Waals surface area contributed by atoms with E-state index in [2.05, 4.69) is 26.0 Å². The zero-order valence-electron chi connectivity index (χ0n) is 15.7. The number of carbonyl (C=O) groups is 1. The summed E-state index contributed by atoms with van der Waals surface area (Å²) in [4.78, 5) is 16.6. The number of amidine groups is 1. The molecule has 1 aliphatic rings. The monoisotopic (exact) mass is 426 g/mol. The lowest BCUT2D eigenvalue weighted by atomic mass is 10.1. The zero-order valence-corrected chi connectivity index (χ0v) is 16.5. The van der Waals surface area contributed by atoms with Crippen LogP contribution in [-0.2, 0) is 13.2 Å². The Morgan fingerprint density at radius 2 is 2.10 bits per heavy atom. The summed E-state index contributed by atoms with van der Waals surface area (Å²) in [5.41, 5.74) is -0.250. The molecule has 0 radical (unpaired) electrons. The van der Waals surface area contributed by atoms with Gasteiger partial charge in [0.15, 0.2) is 5.69 Å². The minimum atomic E-state index is -4.68. The summed E-state index contributed by atoms with van der Waals surface area (Å²) in [5, 5.41) is 11.8. The Morgan fingerprint density at radius 1 is 1.38 bits per heavy atom. The number of anilines is 2. The summed E-state index contributed by atoms with van der Waals surface area (Å²) in [5.74, 6) is -0.0706. The van der Waals surface area contributed by atoms with Crippen molar-refractivity contribution in [1.82, 2.24) is 15.1 Å². The maximum absolute atomic E-state index is 13.4. The number of nitrogens with one attached hydrogen (secondary N) is 3. The Balaban J connectivity index is 1.93. The van der Waals surface area contributed by atoms with Gasteiger partial charge in [-0.1, -0.05) is 23.7 Å². The van der Waals surface area contributed by atoms with Crippen LogP contribution in [0.25, 0.3) is 0 Å². The van der Waals surface area contributed by atoms with E-state index in [1.807, 2.05) is 0 Å². The number of nitrogens with zero attached hydrogens (tertiary/aromatic N) is 3. The molecule has 0 saturated carbocycles. The number of rotatable bonds is 3. The first-order valence-corrected chi connectivity index (χ1v) is 8.93. The Labute approximate surface area is 169 Å². The van der Waals surface area contributed by atoms with Crippen LogP contribution in [0.5, 0.6) is 0 Å².